The van der Waals surface area contributed by atoms with E-state index in [1.807, 2.05) is 0 Å². The molecule has 1 amide bonds. The Balaban J connectivity index is 1.54. The number of carbonyl (C=O) groups excluding carboxylic acids is 1. The number of fused-ring (bicyclic) bond motifs is 1. The first-order valence-electron chi connectivity index (χ1n) is 8.63. The highest BCUT2D eigenvalue weighted by molar-refractivity contribution is 6.39. The number of rotatable bonds is 4. The smallest absolute Gasteiger partial charge is 0.225 e. The van der Waals surface area contributed by atoms with Gasteiger partial charge >= 0.3 is 0 Å². The molecule has 1 aliphatic heterocycles. The maximum atomic E-state index is 12.3. The van der Waals surface area contributed by atoms with Crippen molar-refractivity contribution >= 4 is 34.8 Å². The fourth-order valence-electron chi connectivity index (χ4n) is 4.07. The van der Waals surface area contributed by atoms with Gasteiger partial charge in [0.1, 0.15) is 0 Å². The Morgan fingerprint density at radius 3 is 2.61 bits per heavy atom. The highest BCUT2D eigenvalue weighted by Crippen LogP contribution is 2.35. The van der Waals surface area contributed by atoms with Gasteiger partial charge in [0, 0.05) is 19.0 Å². The molecule has 2 aliphatic rings. The molecule has 2 atom stereocenters. The fraction of sp³-hybridized carbons (Fsp3) is 0.611. The van der Waals surface area contributed by atoms with Crippen molar-refractivity contribution in [1.29, 1.82) is 0 Å². The van der Waals surface area contributed by atoms with Gasteiger partial charge in [-0.1, -0.05) is 42.1 Å². The number of benzene rings is 1. The lowest BCUT2D eigenvalue weighted by atomic mass is 9.78. The number of halogens is 2. The van der Waals surface area contributed by atoms with E-state index < -0.39 is 0 Å². The standard InChI is InChI=1S/C18H24Cl2N2O/c19-14-7-3-8-15(20)18(14)21-17(23)10-12-22-11-4-6-13-5-1-2-9-16(13)22/h3,7-8,13,16H,1-2,4-6,9-12H2,(H,21,23)/t13-,16+/m0/s1. The number of anilines is 1. The van der Waals surface area contributed by atoms with Gasteiger partial charge in [0.2, 0.25) is 5.91 Å². The Morgan fingerprint density at radius 1 is 1.13 bits per heavy atom. The normalized spacial score (nSPS) is 25.0. The van der Waals surface area contributed by atoms with Crippen molar-refractivity contribution in [1.82, 2.24) is 4.90 Å². The third kappa shape index (κ3) is 4.20. The van der Waals surface area contributed by atoms with Crippen LogP contribution < -0.4 is 5.32 Å². The fourth-order valence-corrected chi connectivity index (χ4v) is 4.56. The van der Waals surface area contributed by atoms with Gasteiger partial charge in [0.15, 0.2) is 0 Å². The number of nitrogens with one attached hydrogen (secondary N) is 1. The molecule has 0 bridgehead atoms. The molecule has 3 rings (SSSR count). The van der Waals surface area contributed by atoms with Crippen LogP contribution in [0.4, 0.5) is 5.69 Å². The van der Waals surface area contributed by atoms with Crippen LogP contribution >= 0.6 is 23.2 Å². The van der Waals surface area contributed by atoms with Crippen LogP contribution in [0.5, 0.6) is 0 Å². The molecule has 23 heavy (non-hydrogen) atoms. The minimum Gasteiger partial charge on any atom is -0.324 e. The Kier molecular flexibility index (Phi) is 5.84. The summed E-state index contributed by atoms with van der Waals surface area (Å²) < 4.78 is 0. The Hall–Kier alpha value is -0.770. The van der Waals surface area contributed by atoms with Crippen LogP contribution in [0.3, 0.4) is 0 Å². The summed E-state index contributed by atoms with van der Waals surface area (Å²) >= 11 is 12.2. The molecule has 5 heteroatoms. The van der Waals surface area contributed by atoms with Crippen molar-refractivity contribution in [2.75, 3.05) is 18.4 Å². The second-order valence-electron chi connectivity index (χ2n) is 6.68. The third-order valence-corrected chi connectivity index (χ3v) is 5.84. The van der Waals surface area contributed by atoms with E-state index in [1.165, 1.54) is 38.5 Å². The van der Waals surface area contributed by atoms with E-state index in [2.05, 4.69) is 10.2 Å². The van der Waals surface area contributed by atoms with Gasteiger partial charge in [0.05, 0.1) is 15.7 Å². The van der Waals surface area contributed by atoms with E-state index in [0.29, 0.717) is 28.2 Å². The lowest BCUT2D eigenvalue weighted by Crippen LogP contribution is -2.47. The molecule has 0 radical (unpaired) electrons. The molecule has 1 aromatic rings. The first kappa shape index (κ1) is 17.1. The predicted octanol–water partition coefficient (Wildman–Crippen LogP) is 4.98. The molecule has 1 aromatic carbocycles. The summed E-state index contributed by atoms with van der Waals surface area (Å²) in [5, 5.41) is 3.83. The van der Waals surface area contributed by atoms with Crippen LogP contribution in [-0.4, -0.2) is 29.9 Å². The average Bonchev–Trinajstić information content (AvgIpc) is 2.56. The maximum absolute atomic E-state index is 12.3. The maximum Gasteiger partial charge on any atom is 0.225 e. The monoisotopic (exact) mass is 354 g/mol. The Morgan fingerprint density at radius 2 is 1.83 bits per heavy atom. The van der Waals surface area contributed by atoms with Gasteiger partial charge in [-0.05, 0) is 50.3 Å². The summed E-state index contributed by atoms with van der Waals surface area (Å²) in [7, 11) is 0. The van der Waals surface area contributed by atoms with Crippen molar-refractivity contribution in [3.05, 3.63) is 28.2 Å². The van der Waals surface area contributed by atoms with Crippen LogP contribution in [0.15, 0.2) is 18.2 Å². The van der Waals surface area contributed by atoms with Gasteiger partial charge in [-0.3, -0.25) is 9.69 Å². The van der Waals surface area contributed by atoms with E-state index in [-0.39, 0.29) is 5.91 Å². The lowest BCUT2D eigenvalue weighted by molar-refractivity contribution is -0.116. The summed E-state index contributed by atoms with van der Waals surface area (Å²) in [5.41, 5.74) is 0.523. The Bertz CT molecular complexity index is 542. The summed E-state index contributed by atoms with van der Waals surface area (Å²) in [6.07, 6.45) is 8.48. The zero-order valence-electron chi connectivity index (χ0n) is 13.4. The van der Waals surface area contributed by atoms with Crippen molar-refractivity contribution in [2.24, 2.45) is 5.92 Å². The number of piperidine rings is 1. The molecule has 0 unspecified atom stereocenters. The zero-order chi connectivity index (χ0) is 16.2. The van der Waals surface area contributed by atoms with Crippen LogP contribution in [0.1, 0.15) is 44.9 Å². The highest BCUT2D eigenvalue weighted by atomic mass is 35.5. The van der Waals surface area contributed by atoms with E-state index in [1.54, 1.807) is 18.2 Å². The number of hydrogen-bond donors (Lipinski definition) is 1. The molecule has 126 valence electrons. The van der Waals surface area contributed by atoms with E-state index in [0.717, 1.165) is 19.0 Å². The van der Waals surface area contributed by atoms with Crippen molar-refractivity contribution in [3.63, 3.8) is 0 Å². The molecule has 1 saturated carbocycles. The molecule has 0 aromatic heterocycles. The molecular formula is C18H24Cl2N2O. The predicted molar refractivity (Wildman–Crippen MR) is 96.3 cm³/mol. The summed E-state index contributed by atoms with van der Waals surface area (Å²) in [6.45, 7) is 1.95. The SMILES string of the molecule is O=C(CCN1CCC[C@@H]2CCCC[C@H]21)Nc1c(Cl)cccc1Cl. The summed E-state index contributed by atoms with van der Waals surface area (Å²) in [6, 6.07) is 5.94. The molecule has 1 N–H and O–H groups in total. The van der Waals surface area contributed by atoms with Crippen molar-refractivity contribution in [3.8, 4) is 0 Å². The molecule has 1 saturated heterocycles. The van der Waals surface area contributed by atoms with Crippen molar-refractivity contribution in [2.45, 2.75) is 51.0 Å². The topological polar surface area (TPSA) is 32.3 Å². The summed E-state index contributed by atoms with van der Waals surface area (Å²) in [4.78, 5) is 14.8. The number of likely N-dealkylation sites (tertiary alicyclic amines) is 1. The molecule has 1 heterocycles. The van der Waals surface area contributed by atoms with Gasteiger partial charge in [0.25, 0.3) is 0 Å². The highest BCUT2D eigenvalue weighted by Gasteiger charge is 2.32. The van der Waals surface area contributed by atoms with Crippen LogP contribution in [0.2, 0.25) is 10.0 Å². The second kappa shape index (κ2) is 7.87. The van der Waals surface area contributed by atoms with Crippen molar-refractivity contribution < 1.29 is 4.79 Å². The molecule has 1 aliphatic carbocycles. The van der Waals surface area contributed by atoms with Gasteiger partial charge in [-0.15, -0.1) is 0 Å². The number of amides is 1. The van der Waals surface area contributed by atoms with E-state index in [9.17, 15) is 4.79 Å². The van der Waals surface area contributed by atoms with Crippen LogP contribution in [-0.2, 0) is 4.79 Å². The largest absolute Gasteiger partial charge is 0.324 e. The third-order valence-electron chi connectivity index (χ3n) is 5.21. The number of hydrogen-bond acceptors (Lipinski definition) is 2. The van der Waals surface area contributed by atoms with Gasteiger partial charge in [-0.25, -0.2) is 0 Å². The molecule has 2 fully saturated rings. The van der Waals surface area contributed by atoms with E-state index in [4.69, 9.17) is 23.2 Å². The Labute approximate surface area is 148 Å². The molecule has 3 nitrogen and oxygen atoms in total. The molecule has 0 spiro atoms. The first-order valence-corrected chi connectivity index (χ1v) is 9.38. The van der Waals surface area contributed by atoms with Crippen LogP contribution in [0, 0.1) is 5.92 Å². The quantitative estimate of drug-likeness (QED) is 0.826. The average molecular weight is 355 g/mol. The lowest BCUT2D eigenvalue weighted by Gasteiger charge is -2.44. The number of carbonyl (C=O) groups is 1. The molecular weight excluding hydrogens is 331 g/mol. The number of nitrogens with zero attached hydrogens (tertiary/aromatic N) is 1. The second-order valence-corrected chi connectivity index (χ2v) is 7.50. The van der Waals surface area contributed by atoms with Crippen LogP contribution in [0.25, 0.3) is 0 Å². The first-order chi connectivity index (χ1) is 11.1. The van der Waals surface area contributed by atoms with Gasteiger partial charge in [-0.2, -0.15) is 0 Å². The number of para-hydroxylation sites is 1. The van der Waals surface area contributed by atoms with Gasteiger partial charge < -0.3 is 5.32 Å². The zero-order valence-corrected chi connectivity index (χ0v) is 14.9. The minimum absolute atomic E-state index is 0.0158. The summed E-state index contributed by atoms with van der Waals surface area (Å²) in [5.74, 6) is 0.830. The van der Waals surface area contributed by atoms with E-state index >= 15 is 0 Å². The minimum atomic E-state index is -0.0158.